The van der Waals surface area contributed by atoms with Gasteiger partial charge in [0, 0.05) is 11.4 Å². The lowest BCUT2D eigenvalue weighted by atomic mass is 10.1. The molecule has 124 valence electrons. The van der Waals surface area contributed by atoms with Crippen LogP contribution in [0, 0.1) is 0 Å². The first kappa shape index (κ1) is 16.0. The second-order valence-electron chi connectivity index (χ2n) is 5.87. The molecule has 0 bridgehead atoms. The van der Waals surface area contributed by atoms with Gasteiger partial charge in [-0.2, -0.15) is 0 Å². The van der Waals surface area contributed by atoms with Crippen molar-refractivity contribution in [3.8, 4) is 0 Å². The summed E-state index contributed by atoms with van der Waals surface area (Å²) in [6, 6.07) is 7.78. The normalized spacial score (nSPS) is 15.6. The summed E-state index contributed by atoms with van der Waals surface area (Å²) in [6.45, 7) is 8.09. The van der Waals surface area contributed by atoms with Gasteiger partial charge in [0.15, 0.2) is 0 Å². The van der Waals surface area contributed by atoms with E-state index in [0.717, 1.165) is 52.2 Å². The molecule has 1 aliphatic rings. The Morgan fingerprint density at radius 1 is 1.29 bits per heavy atom. The average molecular weight is 322 g/mol. The average Bonchev–Trinajstić information content (AvgIpc) is 3.03. The monoisotopic (exact) mass is 322 g/mol. The summed E-state index contributed by atoms with van der Waals surface area (Å²) in [4.78, 5) is 0. The fraction of sp³-hybridized carbons (Fsp3) is 0.222. The number of nitrogens with two attached hydrogens (primary N) is 2. The van der Waals surface area contributed by atoms with Crippen LogP contribution >= 0.6 is 0 Å². The SMILES string of the molecule is C=C(/C(C)=C(\C)N(N)C1=C(N)CCC=C1)n1nnc2ccccc21. The molecule has 0 unspecified atom stereocenters. The van der Waals surface area contributed by atoms with Crippen molar-refractivity contribution in [2.75, 3.05) is 0 Å². The fourth-order valence-corrected chi connectivity index (χ4v) is 2.70. The minimum absolute atomic E-state index is 0.732. The molecule has 0 fully saturated rings. The van der Waals surface area contributed by atoms with Crippen molar-refractivity contribution in [3.05, 3.63) is 65.7 Å². The predicted molar refractivity (Wildman–Crippen MR) is 96.8 cm³/mol. The first-order valence-corrected chi connectivity index (χ1v) is 7.88. The Morgan fingerprint density at radius 3 is 2.79 bits per heavy atom. The number of hydrogen-bond donors (Lipinski definition) is 2. The Kier molecular flexibility index (Phi) is 4.22. The van der Waals surface area contributed by atoms with Gasteiger partial charge in [0.1, 0.15) is 5.52 Å². The minimum atomic E-state index is 0.732. The highest BCUT2D eigenvalue weighted by Gasteiger charge is 2.16. The van der Waals surface area contributed by atoms with Crippen LogP contribution in [0.4, 0.5) is 0 Å². The Morgan fingerprint density at radius 2 is 2.04 bits per heavy atom. The van der Waals surface area contributed by atoms with Crippen molar-refractivity contribution in [3.63, 3.8) is 0 Å². The third kappa shape index (κ3) is 2.72. The molecule has 1 heterocycles. The van der Waals surface area contributed by atoms with Crippen molar-refractivity contribution in [2.24, 2.45) is 11.6 Å². The molecule has 1 aromatic heterocycles. The quantitative estimate of drug-likeness (QED) is 0.513. The highest BCUT2D eigenvalue weighted by Crippen LogP contribution is 2.25. The molecule has 0 atom stereocenters. The Balaban J connectivity index is 1.97. The van der Waals surface area contributed by atoms with Crippen LogP contribution in [0.1, 0.15) is 26.7 Å². The van der Waals surface area contributed by atoms with Gasteiger partial charge in [0.05, 0.1) is 16.9 Å². The summed E-state index contributed by atoms with van der Waals surface area (Å²) in [5.74, 6) is 6.29. The maximum atomic E-state index is 6.29. The van der Waals surface area contributed by atoms with Crippen LogP contribution < -0.4 is 11.6 Å². The molecule has 6 nitrogen and oxygen atoms in total. The van der Waals surface area contributed by atoms with Gasteiger partial charge in [-0.3, -0.25) is 5.01 Å². The summed E-state index contributed by atoms with van der Waals surface area (Å²) in [5, 5.41) is 10.00. The molecule has 0 spiro atoms. The van der Waals surface area contributed by atoms with E-state index in [9.17, 15) is 0 Å². The maximum Gasteiger partial charge on any atom is 0.113 e. The Hall–Kier alpha value is -2.86. The molecule has 24 heavy (non-hydrogen) atoms. The van der Waals surface area contributed by atoms with E-state index in [2.05, 4.69) is 23.0 Å². The number of nitrogens with zero attached hydrogens (tertiary/aromatic N) is 4. The standard InChI is InChI=1S/C18H22N6/c1-12(13(2)23(20)17-10-6-4-8-15(17)19)14(3)24-18-11-7-5-9-16(18)21-22-24/h5-7,9-11H,3-4,8,19-20H2,1-2H3/b13-12+. The van der Waals surface area contributed by atoms with Crippen LogP contribution in [-0.2, 0) is 0 Å². The lowest BCUT2D eigenvalue weighted by molar-refractivity contribution is 0.450. The summed E-state index contributed by atoms with van der Waals surface area (Å²) >= 11 is 0. The van der Waals surface area contributed by atoms with Crippen LogP contribution in [0.2, 0.25) is 0 Å². The summed E-state index contributed by atoms with van der Waals surface area (Å²) in [5.41, 5.74) is 12.0. The van der Waals surface area contributed by atoms with E-state index in [-0.39, 0.29) is 0 Å². The van der Waals surface area contributed by atoms with Gasteiger partial charge in [-0.1, -0.05) is 30.0 Å². The molecule has 0 saturated carbocycles. The van der Waals surface area contributed by atoms with Gasteiger partial charge in [0.2, 0.25) is 0 Å². The van der Waals surface area contributed by atoms with E-state index in [1.807, 2.05) is 44.2 Å². The molecular formula is C18H22N6. The van der Waals surface area contributed by atoms with E-state index in [4.69, 9.17) is 11.6 Å². The number of fused-ring (bicyclic) bond motifs is 1. The number of hydrogen-bond acceptors (Lipinski definition) is 5. The first-order valence-electron chi connectivity index (χ1n) is 7.88. The third-order valence-electron chi connectivity index (χ3n) is 4.39. The molecule has 0 amide bonds. The Bertz CT molecular complexity index is 884. The maximum absolute atomic E-state index is 6.29. The molecule has 3 rings (SSSR count). The topological polar surface area (TPSA) is 86.0 Å². The van der Waals surface area contributed by atoms with Crippen LogP contribution in [-0.4, -0.2) is 20.0 Å². The molecule has 0 aliphatic heterocycles. The van der Waals surface area contributed by atoms with Crippen molar-refractivity contribution in [1.29, 1.82) is 0 Å². The third-order valence-corrected chi connectivity index (χ3v) is 4.39. The molecular weight excluding hydrogens is 300 g/mol. The van der Waals surface area contributed by atoms with Crippen LogP contribution in [0.3, 0.4) is 0 Å². The largest absolute Gasteiger partial charge is 0.400 e. The molecule has 0 saturated heterocycles. The highest BCUT2D eigenvalue weighted by atomic mass is 15.4. The van der Waals surface area contributed by atoms with Crippen molar-refractivity contribution >= 4 is 16.7 Å². The summed E-state index contributed by atoms with van der Waals surface area (Å²) < 4.78 is 1.73. The van der Waals surface area contributed by atoms with E-state index >= 15 is 0 Å². The molecule has 0 radical (unpaired) electrons. The van der Waals surface area contributed by atoms with E-state index in [1.165, 1.54) is 0 Å². The van der Waals surface area contributed by atoms with Crippen molar-refractivity contribution in [1.82, 2.24) is 20.0 Å². The van der Waals surface area contributed by atoms with Crippen LogP contribution in [0.5, 0.6) is 0 Å². The number of hydrazine groups is 1. The van der Waals surface area contributed by atoms with E-state index in [0.29, 0.717) is 0 Å². The number of rotatable bonds is 4. The van der Waals surface area contributed by atoms with Crippen molar-refractivity contribution < 1.29 is 0 Å². The molecule has 1 aliphatic carbocycles. The number of benzene rings is 1. The lowest BCUT2D eigenvalue weighted by Crippen LogP contribution is -2.31. The molecule has 4 N–H and O–H groups in total. The number of aromatic nitrogens is 3. The zero-order chi connectivity index (χ0) is 17.3. The second kappa shape index (κ2) is 6.33. The summed E-state index contributed by atoms with van der Waals surface area (Å²) in [7, 11) is 0. The Labute approximate surface area is 141 Å². The highest BCUT2D eigenvalue weighted by molar-refractivity contribution is 5.80. The molecule has 2 aromatic rings. The van der Waals surface area contributed by atoms with Gasteiger partial charge in [0.25, 0.3) is 0 Å². The summed E-state index contributed by atoms with van der Waals surface area (Å²) in [6.07, 6.45) is 5.81. The van der Waals surface area contributed by atoms with Gasteiger partial charge in [-0.15, -0.1) is 5.10 Å². The second-order valence-corrected chi connectivity index (χ2v) is 5.87. The van der Waals surface area contributed by atoms with Crippen molar-refractivity contribution in [2.45, 2.75) is 26.7 Å². The number of para-hydroxylation sites is 1. The van der Waals surface area contributed by atoms with Gasteiger partial charge in [-0.05, 0) is 50.5 Å². The lowest BCUT2D eigenvalue weighted by Gasteiger charge is -2.26. The van der Waals surface area contributed by atoms with Gasteiger partial charge < -0.3 is 5.73 Å². The zero-order valence-corrected chi connectivity index (χ0v) is 14.0. The van der Waals surface area contributed by atoms with Gasteiger partial charge >= 0.3 is 0 Å². The fourth-order valence-electron chi connectivity index (χ4n) is 2.70. The smallest absolute Gasteiger partial charge is 0.113 e. The first-order chi connectivity index (χ1) is 11.5. The predicted octanol–water partition coefficient (Wildman–Crippen LogP) is 2.89. The molecule has 6 heteroatoms. The van der Waals surface area contributed by atoms with Crippen LogP contribution in [0.25, 0.3) is 16.7 Å². The minimum Gasteiger partial charge on any atom is -0.400 e. The molecule has 1 aromatic carbocycles. The van der Waals surface area contributed by atoms with E-state index in [1.54, 1.807) is 9.69 Å². The van der Waals surface area contributed by atoms with E-state index < -0.39 is 0 Å². The van der Waals surface area contributed by atoms with Gasteiger partial charge in [-0.25, -0.2) is 10.5 Å². The number of allylic oxidation sites excluding steroid dienone is 6. The van der Waals surface area contributed by atoms with Crippen LogP contribution in [0.15, 0.2) is 65.7 Å². The zero-order valence-electron chi connectivity index (χ0n) is 14.0.